The van der Waals surface area contributed by atoms with E-state index in [1.807, 2.05) is 6.07 Å². The molecule has 2 aliphatic rings. The maximum absolute atomic E-state index is 14.4. The van der Waals surface area contributed by atoms with Crippen LogP contribution in [-0.2, 0) is 22.5 Å². The number of carbonyl (C=O) groups is 1. The van der Waals surface area contributed by atoms with Crippen molar-refractivity contribution in [2.75, 3.05) is 18.5 Å². The Morgan fingerprint density at radius 1 is 1.45 bits per heavy atom. The molecule has 1 saturated heterocycles. The van der Waals surface area contributed by atoms with Gasteiger partial charge in [-0.1, -0.05) is 6.07 Å². The van der Waals surface area contributed by atoms with Crippen molar-refractivity contribution in [1.29, 1.82) is 0 Å². The molecule has 4 nitrogen and oxygen atoms in total. The Bertz CT molecular complexity index is 533. The molecule has 122 valence electrons. The monoisotopic (exact) mass is 328 g/mol. The van der Waals surface area contributed by atoms with Gasteiger partial charge in [-0.2, -0.15) is 0 Å². The summed E-state index contributed by atoms with van der Waals surface area (Å²) in [5.41, 5.74) is 2.01. The van der Waals surface area contributed by atoms with Crippen molar-refractivity contribution in [3.05, 3.63) is 29.1 Å². The van der Waals surface area contributed by atoms with Gasteiger partial charge in [0.25, 0.3) is 0 Å². The molecule has 2 N–H and O–H groups in total. The van der Waals surface area contributed by atoms with Crippen molar-refractivity contribution in [1.82, 2.24) is 5.32 Å². The van der Waals surface area contributed by atoms with E-state index in [-0.39, 0.29) is 30.2 Å². The fraction of sp³-hybridized carbons (Fsp3) is 0.562. The van der Waals surface area contributed by atoms with Gasteiger partial charge in [-0.15, -0.1) is 12.4 Å². The standard InChI is InChI=1S/C16H21FN2O2.ClH/c17-16-13-7-8-18-10-11(13)3-5-14(16)19-15(20)6-4-12-2-1-9-21-12;/h3,5,12,18H,1-2,4,6-10H2,(H,19,20);1H. The lowest BCUT2D eigenvalue weighted by atomic mass is 9.99. The van der Waals surface area contributed by atoms with Crippen LogP contribution in [0.3, 0.4) is 0 Å². The van der Waals surface area contributed by atoms with E-state index in [1.165, 1.54) is 0 Å². The van der Waals surface area contributed by atoms with Gasteiger partial charge in [0.1, 0.15) is 5.82 Å². The summed E-state index contributed by atoms with van der Waals surface area (Å²) >= 11 is 0. The van der Waals surface area contributed by atoms with Crippen molar-refractivity contribution in [3.63, 3.8) is 0 Å². The first kappa shape index (κ1) is 17.2. The third-order valence-electron chi connectivity index (χ3n) is 4.20. The van der Waals surface area contributed by atoms with Crippen LogP contribution in [0.2, 0.25) is 0 Å². The Hall–Kier alpha value is -1.17. The fourth-order valence-electron chi connectivity index (χ4n) is 3.01. The van der Waals surface area contributed by atoms with Crippen molar-refractivity contribution in [3.8, 4) is 0 Å². The van der Waals surface area contributed by atoms with E-state index in [9.17, 15) is 9.18 Å². The summed E-state index contributed by atoms with van der Waals surface area (Å²) in [6.07, 6.45) is 4.04. The van der Waals surface area contributed by atoms with Gasteiger partial charge in [-0.3, -0.25) is 4.79 Å². The van der Waals surface area contributed by atoms with Gasteiger partial charge in [-0.05, 0) is 49.4 Å². The number of halogens is 2. The molecule has 1 amide bonds. The van der Waals surface area contributed by atoms with E-state index in [1.54, 1.807) is 6.07 Å². The van der Waals surface area contributed by atoms with E-state index in [0.29, 0.717) is 31.5 Å². The molecule has 2 heterocycles. The number of carbonyl (C=O) groups excluding carboxylic acids is 1. The maximum atomic E-state index is 14.4. The van der Waals surface area contributed by atoms with E-state index in [0.717, 1.165) is 37.1 Å². The quantitative estimate of drug-likeness (QED) is 0.893. The molecule has 0 radical (unpaired) electrons. The Balaban J connectivity index is 0.00000176. The number of hydrogen-bond acceptors (Lipinski definition) is 3. The average Bonchev–Trinajstić information content (AvgIpc) is 3.02. The molecule has 1 aromatic rings. The second-order valence-corrected chi connectivity index (χ2v) is 5.71. The minimum Gasteiger partial charge on any atom is -0.378 e. The van der Waals surface area contributed by atoms with Crippen LogP contribution >= 0.6 is 12.4 Å². The third kappa shape index (κ3) is 3.97. The average molecular weight is 329 g/mol. The number of benzene rings is 1. The Morgan fingerprint density at radius 3 is 3.09 bits per heavy atom. The fourth-order valence-corrected chi connectivity index (χ4v) is 3.01. The molecule has 0 spiro atoms. The number of rotatable bonds is 4. The summed E-state index contributed by atoms with van der Waals surface area (Å²) in [4.78, 5) is 11.9. The maximum Gasteiger partial charge on any atom is 0.224 e. The van der Waals surface area contributed by atoms with Crippen molar-refractivity contribution in [2.45, 2.75) is 44.8 Å². The van der Waals surface area contributed by atoms with Crippen molar-refractivity contribution < 1.29 is 13.9 Å². The van der Waals surface area contributed by atoms with Gasteiger partial charge in [0, 0.05) is 19.6 Å². The zero-order chi connectivity index (χ0) is 14.7. The number of anilines is 1. The normalized spacial score (nSPS) is 20.1. The first-order valence-corrected chi connectivity index (χ1v) is 7.66. The van der Waals surface area contributed by atoms with E-state index < -0.39 is 0 Å². The van der Waals surface area contributed by atoms with E-state index in [4.69, 9.17) is 4.74 Å². The first-order valence-electron chi connectivity index (χ1n) is 7.66. The number of hydrogen-bond donors (Lipinski definition) is 2. The molecule has 22 heavy (non-hydrogen) atoms. The summed E-state index contributed by atoms with van der Waals surface area (Å²) in [7, 11) is 0. The molecule has 1 fully saturated rings. The summed E-state index contributed by atoms with van der Waals surface area (Å²) in [6, 6.07) is 3.55. The molecular formula is C16H22ClFN2O2. The Kier molecular flexibility index (Phi) is 6.17. The third-order valence-corrected chi connectivity index (χ3v) is 4.20. The summed E-state index contributed by atoms with van der Waals surface area (Å²) in [5, 5.41) is 5.91. The minimum absolute atomic E-state index is 0. The molecule has 0 aromatic heterocycles. The predicted molar refractivity (Wildman–Crippen MR) is 85.9 cm³/mol. The minimum atomic E-state index is -0.278. The molecule has 1 unspecified atom stereocenters. The summed E-state index contributed by atoms with van der Waals surface area (Å²) in [6.45, 7) is 2.26. The van der Waals surface area contributed by atoms with Gasteiger partial charge in [-0.25, -0.2) is 4.39 Å². The van der Waals surface area contributed by atoms with Crippen molar-refractivity contribution in [2.24, 2.45) is 0 Å². The number of amides is 1. The van der Waals surface area contributed by atoms with Crippen LogP contribution < -0.4 is 10.6 Å². The highest BCUT2D eigenvalue weighted by molar-refractivity contribution is 5.91. The molecule has 0 saturated carbocycles. The largest absolute Gasteiger partial charge is 0.378 e. The zero-order valence-corrected chi connectivity index (χ0v) is 13.3. The van der Waals surface area contributed by atoms with Gasteiger partial charge in [0.15, 0.2) is 0 Å². The summed E-state index contributed by atoms with van der Waals surface area (Å²) in [5.74, 6) is -0.419. The summed E-state index contributed by atoms with van der Waals surface area (Å²) < 4.78 is 19.9. The lowest BCUT2D eigenvalue weighted by Gasteiger charge is -2.19. The van der Waals surface area contributed by atoms with E-state index in [2.05, 4.69) is 10.6 Å². The second kappa shape index (κ2) is 7.90. The second-order valence-electron chi connectivity index (χ2n) is 5.71. The SMILES string of the molecule is Cl.O=C(CCC1CCCO1)Nc1ccc2c(c1F)CCNC2. The lowest BCUT2D eigenvalue weighted by Crippen LogP contribution is -2.25. The highest BCUT2D eigenvalue weighted by atomic mass is 35.5. The zero-order valence-electron chi connectivity index (χ0n) is 12.5. The van der Waals surface area contributed by atoms with Crippen LogP contribution in [0.1, 0.15) is 36.8 Å². The van der Waals surface area contributed by atoms with Gasteiger partial charge >= 0.3 is 0 Å². The molecule has 1 aromatic carbocycles. The van der Waals surface area contributed by atoms with Crippen LogP contribution in [-0.4, -0.2) is 25.2 Å². The molecule has 1 atom stereocenters. The van der Waals surface area contributed by atoms with Gasteiger partial charge in [0.2, 0.25) is 5.91 Å². The molecule has 6 heteroatoms. The molecule has 3 rings (SSSR count). The highest BCUT2D eigenvalue weighted by Gasteiger charge is 2.19. The number of nitrogens with one attached hydrogen (secondary N) is 2. The van der Waals surface area contributed by atoms with Crippen LogP contribution in [0.25, 0.3) is 0 Å². The molecule has 0 bridgehead atoms. The smallest absolute Gasteiger partial charge is 0.224 e. The van der Waals surface area contributed by atoms with Crippen LogP contribution in [0.15, 0.2) is 12.1 Å². The molecule has 2 aliphatic heterocycles. The van der Waals surface area contributed by atoms with E-state index >= 15 is 0 Å². The van der Waals surface area contributed by atoms with Crippen molar-refractivity contribution >= 4 is 24.0 Å². The van der Waals surface area contributed by atoms with Gasteiger partial charge < -0.3 is 15.4 Å². The predicted octanol–water partition coefficient (Wildman–Crippen LogP) is 2.79. The topological polar surface area (TPSA) is 50.4 Å². The number of ether oxygens (including phenoxy) is 1. The first-order chi connectivity index (χ1) is 10.2. The van der Waals surface area contributed by atoms with Gasteiger partial charge in [0.05, 0.1) is 11.8 Å². The lowest BCUT2D eigenvalue weighted by molar-refractivity contribution is -0.116. The highest BCUT2D eigenvalue weighted by Crippen LogP contribution is 2.25. The molecular weight excluding hydrogens is 307 g/mol. The Morgan fingerprint density at radius 2 is 2.32 bits per heavy atom. The van der Waals surface area contributed by atoms with Crippen LogP contribution in [0.5, 0.6) is 0 Å². The number of fused-ring (bicyclic) bond motifs is 1. The van der Waals surface area contributed by atoms with Crippen LogP contribution in [0, 0.1) is 5.82 Å². The molecule has 0 aliphatic carbocycles. The van der Waals surface area contributed by atoms with Crippen LogP contribution in [0.4, 0.5) is 10.1 Å². The Labute approximate surface area is 136 Å².